The highest BCUT2D eigenvalue weighted by Gasteiger charge is 2.38. The molecule has 18 heavy (non-hydrogen) atoms. The van der Waals surface area contributed by atoms with Crippen molar-refractivity contribution in [3.8, 4) is 0 Å². The zero-order valence-corrected chi connectivity index (χ0v) is 11.6. The first kappa shape index (κ1) is 12.4. The molecule has 1 fully saturated rings. The first-order chi connectivity index (χ1) is 8.75. The number of aryl methyl sites for hydroxylation is 1. The molecule has 3 rings (SSSR count). The Labute approximate surface area is 113 Å². The minimum absolute atomic E-state index is 0.292. The number of hydrogen-bond acceptors (Lipinski definition) is 3. The lowest BCUT2D eigenvalue weighted by molar-refractivity contribution is -0.0516. The molecule has 1 heterocycles. The van der Waals surface area contributed by atoms with E-state index in [-0.39, 0.29) is 5.60 Å². The van der Waals surface area contributed by atoms with Gasteiger partial charge in [0.2, 0.25) is 0 Å². The summed E-state index contributed by atoms with van der Waals surface area (Å²) in [6.07, 6.45) is 8.88. The van der Waals surface area contributed by atoms with Crippen LogP contribution in [-0.2, 0) is 23.2 Å². The third-order valence-electron chi connectivity index (χ3n) is 4.34. The summed E-state index contributed by atoms with van der Waals surface area (Å²) < 4.78 is 5.80. The Kier molecular flexibility index (Phi) is 3.29. The van der Waals surface area contributed by atoms with Crippen molar-refractivity contribution in [3.05, 3.63) is 22.2 Å². The quantitative estimate of drug-likeness (QED) is 0.770. The van der Waals surface area contributed by atoms with E-state index in [0.29, 0.717) is 5.15 Å². The molecular formula is C14H19ClN2O. The van der Waals surface area contributed by atoms with Crippen LogP contribution in [0.3, 0.4) is 0 Å². The van der Waals surface area contributed by atoms with Gasteiger partial charge in [-0.05, 0) is 32.1 Å². The van der Waals surface area contributed by atoms with Crippen LogP contribution >= 0.6 is 11.6 Å². The van der Waals surface area contributed by atoms with Gasteiger partial charge in [0.05, 0.1) is 0 Å². The molecule has 3 nitrogen and oxygen atoms in total. The second kappa shape index (κ2) is 4.78. The average molecular weight is 267 g/mol. The lowest BCUT2D eigenvalue weighted by Gasteiger charge is -2.34. The van der Waals surface area contributed by atoms with Gasteiger partial charge in [-0.25, -0.2) is 9.97 Å². The van der Waals surface area contributed by atoms with E-state index in [2.05, 4.69) is 4.98 Å². The lowest BCUT2D eigenvalue weighted by atomic mass is 9.84. The van der Waals surface area contributed by atoms with Gasteiger partial charge in [0.15, 0.2) is 5.82 Å². The summed E-state index contributed by atoms with van der Waals surface area (Å²) in [7, 11) is 1.77. The Morgan fingerprint density at radius 3 is 2.56 bits per heavy atom. The van der Waals surface area contributed by atoms with Gasteiger partial charge in [-0.1, -0.05) is 30.9 Å². The molecule has 0 aromatic carbocycles. The van der Waals surface area contributed by atoms with E-state index < -0.39 is 0 Å². The number of aromatic nitrogens is 2. The summed E-state index contributed by atoms with van der Waals surface area (Å²) in [4.78, 5) is 9.30. The third-order valence-corrected chi connectivity index (χ3v) is 4.65. The first-order valence-corrected chi connectivity index (χ1v) is 7.24. The minimum Gasteiger partial charge on any atom is -0.370 e. The van der Waals surface area contributed by atoms with E-state index in [4.69, 9.17) is 21.3 Å². The van der Waals surface area contributed by atoms with Crippen LogP contribution in [0.15, 0.2) is 0 Å². The second-order valence-electron chi connectivity index (χ2n) is 5.38. The second-order valence-corrected chi connectivity index (χ2v) is 5.73. The molecule has 2 aliphatic carbocycles. The molecule has 0 bridgehead atoms. The van der Waals surface area contributed by atoms with Gasteiger partial charge in [0.1, 0.15) is 10.8 Å². The fraction of sp³-hybridized carbons (Fsp3) is 0.714. The highest BCUT2D eigenvalue weighted by molar-refractivity contribution is 6.30. The largest absolute Gasteiger partial charge is 0.370 e. The molecule has 0 unspecified atom stereocenters. The molecule has 0 saturated heterocycles. The molecule has 0 atom stereocenters. The molecule has 0 aliphatic heterocycles. The number of methoxy groups -OCH3 is 1. The standard InChI is InChI=1S/C14H19ClN2O/c1-18-14(8-3-2-4-9-14)13-16-11-7-5-6-10(11)12(15)17-13/h2-9H2,1H3. The predicted octanol–water partition coefficient (Wildman–Crippen LogP) is 3.42. The minimum atomic E-state index is -0.292. The van der Waals surface area contributed by atoms with Crippen LogP contribution in [0.25, 0.3) is 0 Å². The summed E-state index contributed by atoms with van der Waals surface area (Å²) in [6, 6.07) is 0. The van der Waals surface area contributed by atoms with Crippen molar-refractivity contribution in [1.29, 1.82) is 0 Å². The highest BCUT2D eigenvalue weighted by Crippen LogP contribution is 2.40. The maximum atomic E-state index is 6.31. The fourth-order valence-electron chi connectivity index (χ4n) is 3.23. The van der Waals surface area contributed by atoms with Crippen molar-refractivity contribution < 1.29 is 4.74 Å². The van der Waals surface area contributed by atoms with Crippen LogP contribution in [0.2, 0.25) is 5.15 Å². The lowest BCUT2D eigenvalue weighted by Crippen LogP contribution is -2.33. The number of rotatable bonds is 2. The van der Waals surface area contributed by atoms with Crippen molar-refractivity contribution in [1.82, 2.24) is 9.97 Å². The monoisotopic (exact) mass is 266 g/mol. The number of ether oxygens (including phenoxy) is 1. The highest BCUT2D eigenvalue weighted by atomic mass is 35.5. The third kappa shape index (κ3) is 1.94. The SMILES string of the molecule is COC1(c2nc(Cl)c3c(n2)CCC3)CCCCC1. The van der Waals surface area contributed by atoms with Crippen LogP contribution in [0.1, 0.15) is 55.6 Å². The fourth-order valence-corrected chi connectivity index (χ4v) is 3.52. The van der Waals surface area contributed by atoms with Gasteiger partial charge in [-0.2, -0.15) is 0 Å². The summed E-state index contributed by atoms with van der Waals surface area (Å²) in [6.45, 7) is 0. The van der Waals surface area contributed by atoms with E-state index in [9.17, 15) is 0 Å². The molecule has 98 valence electrons. The van der Waals surface area contributed by atoms with Crippen LogP contribution in [0.5, 0.6) is 0 Å². The normalized spacial score (nSPS) is 21.9. The van der Waals surface area contributed by atoms with Crippen LogP contribution in [0, 0.1) is 0 Å². The molecule has 4 heteroatoms. The molecule has 0 amide bonds. The first-order valence-electron chi connectivity index (χ1n) is 6.86. The maximum absolute atomic E-state index is 6.31. The van der Waals surface area contributed by atoms with E-state index in [1.807, 2.05) is 0 Å². The molecular weight excluding hydrogens is 248 g/mol. The summed E-state index contributed by atoms with van der Waals surface area (Å²) in [5.74, 6) is 0.815. The van der Waals surface area contributed by atoms with Crippen molar-refractivity contribution in [3.63, 3.8) is 0 Å². The Bertz CT molecular complexity index is 455. The van der Waals surface area contributed by atoms with Gasteiger partial charge >= 0.3 is 0 Å². The Hall–Kier alpha value is -0.670. The topological polar surface area (TPSA) is 35.0 Å². The molecule has 1 aromatic heterocycles. The van der Waals surface area contributed by atoms with E-state index in [0.717, 1.165) is 49.2 Å². The molecule has 0 spiro atoms. The number of nitrogens with zero attached hydrogens (tertiary/aromatic N) is 2. The van der Waals surface area contributed by atoms with Crippen molar-refractivity contribution in [2.45, 2.75) is 57.0 Å². The van der Waals surface area contributed by atoms with Gasteiger partial charge in [0.25, 0.3) is 0 Å². The smallest absolute Gasteiger partial charge is 0.162 e. The van der Waals surface area contributed by atoms with Crippen LogP contribution < -0.4 is 0 Å². The van der Waals surface area contributed by atoms with Crippen LogP contribution in [-0.4, -0.2) is 17.1 Å². The van der Waals surface area contributed by atoms with Gasteiger partial charge in [-0.3, -0.25) is 0 Å². The maximum Gasteiger partial charge on any atom is 0.162 e. The number of hydrogen-bond donors (Lipinski definition) is 0. The zero-order valence-electron chi connectivity index (χ0n) is 10.8. The van der Waals surface area contributed by atoms with Crippen molar-refractivity contribution in [2.75, 3.05) is 7.11 Å². The Morgan fingerprint density at radius 2 is 1.83 bits per heavy atom. The van der Waals surface area contributed by atoms with Gasteiger partial charge in [0, 0.05) is 18.4 Å². The van der Waals surface area contributed by atoms with E-state index in [1.54, 1.807) is 7.11 Å². The molecule has 2 aliphatic rings. The van der Waals surface area contributed by atoms with E-state index in [1.165, 1.54) is 19.3 Å². The summed E-state index contributed by atoms with van der Waals surface area (Å²) in [5, 5.41) is 0.648. The molecule has 0 radical (unpaired) electrons. The van der Waals surface area contributed by atoms with Gasteiger partial charge < -0.3 is 4.74 Å². The van der Waals surface area contributed by atoms with E-state index >= 15 is 0 Å². The molecule has 0 N–H and O–H groups in total. The Morgan fingerprint density at radius 1 is 1.06 bits per heavy atom. The average Bonchev–Trinajstić information content (AvgIpc) is 2.88. The summed E-state index contributed by atoms with van der Waals surface area (Å²) >= 11 is 6.31. The van der Waals surface area contributed by atoms with Crippen molar-refractivity contribution >= 4 is 11.6 Å². The van der Waals surface area contributed by atoms with Crippen LogP contribution in [0.4, 0.5) is 0 Å². The molecule has 1 saturated carbocycles. The van der Waals surface area contributed by atoms with Gasteiger partial charge in [-0.15, -0.1) is 0 Å². The van der Waals surface area contributed by atoms with Crippen molar-refractivity contribution in [2.24, 2.45) is 0 Å². The summed E-state index contributed by atoms with van der Waals surface area (Å²) in [5.41, 5.74) is 2.01. The Balaban J connectivity index is 2.02. The zero-order chi connectivity index (χ0) is 12.6. The number of halogens is 1. The number of fused-ring (bicyclic) bond motifs is 1. The molecule has 1 aromatic rings. The predicted molar refractivity (Wildman–Crippen MR) is 70.8 cm³/mol.